The Morgan fingerprint density at radius 1 is 0.402 bits per heavy atom. The van der Waals surface area contributed by atoms with Gasteiger partial charge < -0.3 is 15.2 Å². The van der Waals surface area contributed by atoms with E-state index in [0.29, 0.717) is 11.6 Å². The summed E-state index contributed by atoms with van der Waals surface area (Å²) in [6.07, 6.45) is 21.1. The number of nitrogen functional groups attached to an aromatic ring is 1. The van der Waals surface area contributed by atoms with Crippen molar-refractivity contribution in [2.45, 2.75) is 156 Å². The van der Waals surface area contributed by atoms with Crippen molar-refractivity contribution in [3.63, 3.8) is 0 Å². The minimum atomic E-state index is -0.416. The molecule has 19 heteroatoms. The Bertz CT molecular complexity index is 4690. The van der Waals surface area contributed by atoms with Gasteiger partial charge >= 0.3 is 18.3 Å². The topological polar surface area (TPSA) is 286 Å². The van der Waals surface area contributed by atoms with Crippen molar-refractivity contribution in [3.05, 3.63) is 304 Å². The summed E-state index contributed by atoms with van der Waals surface area (Å²) >= 11 is 0. The number of ether oxygens (including phenoxy) is 2. The van der Waals surface area contributed by atoms with Crippen LogP contribution in [0.4, 0.5) is 26.7 Å². The van der Waals surface area contributed by atoms with E-state index in [9.17, 15) is 9.59 Å². The molecule has 19 nitrogen and oxygen atoms in total. The van der Waals surface area contributed by atoms with E-state index >= 15 is 0 Å². The second kappa shape index (κ2) is 44.6. The van der Waals surface area contributed by atoms with Crippen molar-refractivity contribution in [3.8, 4) is 45.3 Å². The summed E-state index contributed by atoms with van der Waals surface area (Å²) in [5, 5.41) is 53.0. The molecule has 11 aromatic rings. The van der Waals surface area contributed by atoms with Gasteiger partial charge in [-0.15, -0.1) is 30.6 Å². The lowest BCUT2D eigenvalue weighted by Gasteiger charge is -2.38. The van der Waals surface area contributed by atoms with E-state index in [1.54, 1.807) is 0 Å². The smallest absolute Gasteiger partial charge is 0.412 e. The number of nitrogens with two attached hydrogens (primary N) is 1. The minimum absolute atomic E-state index is 0.0644. The number of aryl methyl sites for hydroxylation is 6. The predicted octanol–water partition coefficient (Wildman–Crippen LogP) is 21.5. The summed E-state index contributed by atoms with van der Waals surface area (Å²) < 4.78 is 11.7. The van der Waals surface area contributed by atoms with Crippen LogP contribution in [0, 0.1) is 64.2 Å². The zero-order valence-electron chi connectivity index (χ0n) is 64.8. The summed E-state index contributed by atoms with van der Waals surface area (Å²) in [7, 11) is 0. The Kier molecular flexibility index (Phi) is 33.2. The van der Waals surface area contributed by atoms with Gasteiger partial charge in [0.05, 0.1) is 22.8 Å². The molecule has 2 amide bonds. The van der Waals surface area contributed by atoms with Gasteiger partial charge in [-0.25, -0.2) is 9.59 Å². The highest BCUT2D eigenvalue weighted by molar-refractivity contribution is 6.12. The number of carbonyl (C=O) groups excluding carboxylic acids is 4. The minimum Gasteiger partial charge on any atom is -0.445 e. The molecule has 4 unspecified atom stereocenters. The molecule has 1 fully saturated rings. The Labute approximate surface area is 657 Å². The average Bonchev–Trinajstić information content (AvgIpc) is 0.776. The van der Waals surface area contributed by atoms with Gasteiger partial charge in [-0.3, -0.25) is 10.6 Å². The highest BCUT2D eigenvalue weighted by Gasteiger charge is 2.42. The monoisotopic (exact) mass is 1490 g/mol. The van der Waals surface area contributed by atoms with Crippen molar-refractivity contribution in [1.29, 1.82) is 10.8 Å². The molecule has 4 N–H and O–H groups in total. The highest BCUT2D eigenvalue weighted by Crippen LogP contribution is 2.39. The van der Waals surface area contributed by atoms with Gasteiger partial charge in [0.1, 0.15) is 12.2 Å². The van der Waals surface area contributed by atoms with Crippen LogP contribution in [-0.2, 0) is 31.9 Å². The molecular formula is C93H99N13O6. The third-order valence-electron chi connectivity index (χ3n) is 19.2. The number of nitrogens with zero attached hydrogens (tertiary/aromatic N) is 10. The molecule has 9 aromatic carbocycles. The van der Waals surface area contributed by atoms with Crippen molar-refractivity contribution >= 4 is 46.8 Å². The lowest BCUT2D eigenvalue weighted by atomic mass is 9.71. The maximum absolute atomic E-state index is 13.2. The number of aromatic nitrogens is 6. The fraction of sp³-hybridized carbons (Fsp3) is 0.280. The van der Waals surface area contributed by atoms with Gasteiger partial charge in [0.25, 0.3) is 0 Å². The van der Waals surface area contributed by atoms with Crippen molar-refractivity contribution in [2.24, 2.45) is 22.0 Å². The number of allylic oxidation sites excluding steroid dienone is 1. The van der Waals surface area contributed by atoms with Gasteiger partial charge in [0, 0.05) is 61.9 Å². The van der Waals surface area contributed by atoms with E-state index in [0.717, 1.165) is 149 Å². The molecule has 2 aromatic heterocycles. The number of hydrogen-bond acceptors (Lipinski definition) is 17. The first-order valence-corrected chi connectivity index (χ1v) is 38.4. The maximum Gasteiger partial charge on any atom is 0.412 e. The molecule has 572 valence electrons. The first-order valence-electron chi connectivity index (χ1n) is 38.4. The first-order chi connectivity index (χ1) is 54.7. The van der Waals surface area contributed by atoms with Crippen molar-refractivity contribution in [1.82, 2.24) is 30.6 Å². The quantitative estimate of drug-likeness (QED) is 0.0652. The van der Waals surface area contributed by atoms with E-state index in [1.165, 1.54) is 71.9 Å². The number of rotatable bonds is 10. The lowest BCUT2D eigenvalue weighted by molar-refractivity contribution is -0.191. The first kappa shape index (κ1) is 83.3. The largest absolute Gasteiger partial charge is 0.445 e. The van der Waals surface area contributed by atoms with Crippen LogP contribution in [0.2, 0.25) is 0 Å². The zero-order valence-corrected chi connectivity index (χ0v) is 64.8. The fourth-order valence-electron chi connectivity index (χ4n) is 14.5. The highest BCUT2D eigenvalue weighted by atomic mass is 16.6. The molecule has 0 radical (unpaired) electrons. The molecule has 3 heterocycles. The lowest BCUT2D eigenvalue weighted by Crippen LogP contribution is -2.44. The van der Waals surface area contributed by atoms with Gasteiger partial charge in [0.2, 0.25) is 11.6 Å². The number of anilines is 3. The molecule has 1 saturated carbocycles. The fourth-order valence-corrected chi connectivity index (χ4v) is 14.5. The molecule has 15 rings (SSSR count). The number of carbonyl (C=O) groups is 2. The van der Waals surface area contributed by atoms with Gasteiger partial charge in [-0.1, -0.05) is 238 Å². The maximum atomic E-state index is 13.2. The summed E-state index contributed by atoms with van der Waals surface area (Å²) in [6.45, 7) is 12.2. The molecule has 0 spiro atoms. The summed E-state index contributed by atoms with van der Waals surface area (Å²) in [5.74, 6) is 1.13. The van der Waals surface area contributed by atoms with E-state index in [2.05, 4.69) is 150 Å². The molecule has 3 aliphatic carbocycles. The van der Waals surface area contributed by atoms with Gasteiger partial charge in [-0.2, -0.15) is 19.8 Å². The molecular weight excluding hydrogens is 1400 g/mol. The van der Waals surface area contributed by atoms with Crippen molar-refractivity contribution in [2.75, 3.05) is 16.4 Å². The van der Waals surface area contributed by atoms with Crippen LogP contribution in [0.3, 0.4) is 0 Å². The standard InChI is InChI=1S/C31H33N3O2.C22H22N2.C17H23NO2.C14H10N4.C8H11N.CO2.N2/c1-21-18-22(2)20-25(19-21)32-31(35)36-27-17-11-5-10-16-26-28(27)30(24-14-8-4-9-15-24)34-33-29(26)23-12-6-3-7-13-23;1-2-10-16-20-19(15-9-1)21(17-11-5-3-6-12-17)23-24-22(20)18-13-7-4-8-14-18;1-13-10-14(2)12-15(11-13)18-17(19)20-16-8-6-4-3-5-7-9-16;1-3-7-11(8-4-1)13-15-17-14(18-16-13)12-9-5-2-6-10-12;1-6-3-7(2)5-8(9)4-6;2-1-3;1-2/h3-4,6-9,12-15,18-20,26-28H,5,10-11,16-17H2,1-2H3,(H,32,35);3-8,11-14H,1-2,9-10,15-16H2;6,8,10-12,16H,3-5,7,9H2,1-2H3,(H,18,19);1-10H;3-5H,9H2,1-2H3;;/b;;8-6+;;;;. The molecule has 1 aliphatic heterocycles. The van der Waals surface area contributed by atoms with E-state index in [1.807, 2.05) is 181 Å². The van der Waals surface area contributed by atoms with Gasteiger partial charge in [-0.05, 0) is 210 Å². The average molecular weight is 1490 g/mol. The van der Waals surface area contributed by atoms with Crippen LogP contribution in [0.15, 0.2) is 259 Å². The van der Waals surface area contributed by atoms with E-state index in [-0.39, 0.29) is 36.3 Å². The number of hydrogen-bond donors (Lipinski definition) is 3. The Morgan fingerprint density at radius 3 is 1.18 bits per heavy atom. The third-order valence-corrected chi connectivity index (χ3v) is 19.2. The Balaban J connectivity index is 0.000000167. The summed E-state index contributed by atoms with van der Waals surface area (Å²) in [5.41, 5.74) is 28.1. The number of benzene rings is 9. The van der Waals surface area contributed by atoms with E-state index in [4.69, 9.17) is 45.8 Å². The second-order valence-electron chi connectivity index (χ2n) is 28.2. The molecule has 0 saturated heterocycles. The van der Waals surface area contributed by atoms with Crippen LogP contribution < -0.4 is 16.4 Å². The van der Waals surface area contributed by atoms with Crippen LogP contribution in [0.5, 0.6) is 0 Å². The van der Waals surface area contributed by atoms with Crippen LogP contribution in [0.25, 0.3) is 45.3 Å². The Morgan fingerprint density at radius 2 is 0.750 bits per heavy atom. The second-order valence-corrected chi connectivity index (χ2v) is 28.2. The number of amides is 2. The van der Waals surface area contributed by atoms with Gasteiger partial charge in [0.15, 0.2) is 0 Å². The number of fused-ring (bicyclic) bond motifs is 2. The molecule has 4 aliphatic rings. The molecule has 4 atom stereocenters. The third kappa shape index (κ3) is 26.0. The van der Waals surface area contributed by atoms with E-state index < -0.39 is 6.09 Å². The SMILES string of the molecule is Cc1cc(C)cc(N)c1.Cc1cc(C)cc(NC(=O)OC2/C=C/CCCCC2)c1.Cc1cc(C)cc(NC(=O)OC2CCCCCC3C(c4ccccc4)=NN=C(c4ccccc4)C23)c1.N#N.O=C=O.c1ccc(-c2nnc(-c3ccccc3)c3c2CCCCCC3)cc1.c1ccc(-c2nnc(-c3ccccc3)nn2)cc1. The molecule has 112 heavy (non-hydrogen) atoms. The predicted molar refractivity (Wildman–Crippen MR) is 444 cm³/mol. The van der Waals surface area contributed by atoms with Crippen LogP contribution in [0.1, 0.15) is 146 Å². The van der Waals surface area contributed by atoms with Crippen LogP contribution >= 0.6 is 0 Å². The number of nitrogens with one attached hydrogen (secondary N) is 2. The molecule has 0 bridgehead atoms. The van der Waals surface area contributed by atoms with Crippen molar-refractivity contribution < 1.29 is 28.7 Å². The zero-order chi connectivity index (χ0) is 79.2. The summed E-state index contributed by atoms with van der Waals surface area (Å²) in [6, 6.07) is 78.9. The Hall–Kier alpha value is -12.8. The normalized spacial score (nSPS) is 16.3. The van der Waals surface area contributed by atoms with Crippen LogP contribution in [-0.4, -0.2) is 72.6 Å². The summed E-state index contributed by atoms with van der Waals surface area (Å²) in [4.78, 5) is 41.4.